The van der Waals surface area contributed by atoms with Gasteiger partial charge in [-0.05, 0) is 22.3 Å². The molecule has 2 aromatic rings. The number of thioether (sulfide) groups is 1. The van der Waals surface area contributed by atoms with Crippen LogP contribution in [0.15, 0.2) is 9.68 Å². The fourth-order valence-electron chi connectivity index (χ4n) is 1.68. The summed E-state index contributed by atoms with van der Waals surface area (Å²) in [6, 6.07) is 0. The molecular formula is C12H20N6OS. The van der Waals surface area contributed by atoms with Crippen LogP contribution in [0, 0.1) is 11.8 Å². The van der Waals surface area contributed by atoms with Gasteiger partial charge in [-0.25, -0.2) is 4.68 Å². The van der Waals surface area contributed by atoms with Crippen molar-refractivity contribution < 1.29 is 4.52 Å². The van der Waals surface area contributed by atoms with Gasteiger partial charge in [0.15, 0.2) is 5.82 Å². The van der Waals surface area contributed by atoms with Gasteiger partial charge in [0.25, 0.3) is 0 Å². The van der Waals surface area contributed by atoms with E-state index in [4.69, 9.17) is 4.52 Å². The first kappa shape index (κ1) is 15.0. The van der Waals surface area contributed by atoms with Crippen molar-refractivity contribution in [3.05, 3.63) is 11.7 Å². The fraction of sp³-hybridized carbons (Fsp3) is 0.750. The minimum Gasteiger partial charge on any atom is -0.338 e. The van der Waals surface area contributed by atoms with Crippen molar-refractivity contribution in [2.75, 3.05) is 0 Å². The summed E-state index contributed by atoms with van der Waals surface area (Å²) in [5.74, 6) is 2.98. The maximum absolute atomic E-state index is 5.22. The zero-order valence-corrected chi connectivity index (χ0v) is 13.1. The number of aromatic nitrogens is 6. The molecule has 0 radical (unpaired) electrons. The average Bonchev–Trinajstić information content (AvgIpc) is 2.95. The second-order valence-electron chi connectivity index (χ2n) is 5.53. The Morgan fingerprint density at radius 1 is 1.20 bits per heavy atom. The monoisotopic (exact) mass is 296 g/mol. The normalized spacial score (nSPS) is 11.7. The van der Waals surface area contributed by atoms with Crippen LogP contribution in [0.3, 0.4) is 0 Å². The van der Waals surface area contributed by atoms with Crippen LogP contribution >= 0.6 is 11.8 Å². The van der Waals surface area contributed by atoms with Crippen LogP contribution in [-0.2, 0) is 18.7 Å². The second kappa shape index (κ2) is 6.83. The van der Waals surface area contributed by atoms with Gasteiger partial charge in [0.2, 0.25) is 11.0 Å². The molecule has 8 heteroatoms. The van der Waals surface area contributed by atoms with E-state index in [0.29, 0.717) is 23.5 Å². The van der Waals surface area contributed by atoms with Crippen LogP contribution < -0.4 is 0 Å². The van der Waals surface area contributed by atoms with Crippen LogP contribution in [0.1, 0.15) is 39.4 Å². The topological polar surface area (TPSA) is 82.5 Å². The third-order valence-electron chi connectivity index (χ3n) is 2.46. The van der Waals surface area contributed by atoms with Gasteiger partial charge in [-0.3, -0.25) is 0 Å². The molecule has 0 aromatic carbocycles. The smallest absolute Gasteiger partial charge is 0.237 e. The molecule has 0 saturated carbocycles. The van der Waals surface area contributed by atoms with Gasteiger partial charge in [-0.15, -0.1) is 5.10 Å². The van der Waals surface area contributed by atoms with E-state index in [0.717, 1.165) is 23.9 Å². The molecule has 0 spiro atoms. The van der Waals surface area contributed by atoms with Gasteiger partial charge in [0.1, 0.15) is 0 Å². The van der Waals surface area contributed by atoms with Crippen molar-refractivity contribution in [3.8, 4) is 0 Å². The molecule has 0 bridgehead atoms. The predicted octanol–water partition coefficient (Wildman–Crippen LogP) is 2.20. The van der Waals surface area contributed by atoms with Crippen LogP contribution in [-0.4, -0.2) is 30.3 Å². The highest BCUT2D eigenvalue weighted by Gasteiger charge is 2.12. The number of tetrazole rings is 1. The summed E-state index contributed by atoms with van der Waals surface area (Å²) in [6.45, 7) is 9.33. The fourth-order valence-corrected chi connectivity index (χ4v) is 2.41. The zero-order chi connectivity index (χ0) is 14.5. The first-order chi connectivity index (χ1) is 9.54. The molecule has 2 rings (SSSR count). The Kier molecular flexibility index (Phi) is 5.11. The van der Waals surface area contributed by atoms with Gasteiger partial charge in [-0.1, -0.05) is 44.6 Å². The lowest BCUT2D eigenvalue weighted by atomic mass is 10.1. The Labute approximate surface area is 122 Å². The summed E-state index contributed by atoms with van der Waals surface area (Å²) < 4.78 is 7.03. The van der Waals surface area contributed by atoms with Gasteiger partial charge in [0, 0.05) is 13.0 Å². The SMILES string of the molecule is CC(C)Cc1noc(CSc2nnnn2CC(C)C)n1. The van der Waals surface area contributed by atoms with Gasteiger partial charge in [-0.2, -0.15) is 4.98 Å². The minimum atomic E-state index is 0.499. The summed E-state index contributed by atoms with van der Waals surface area (Å²) in [6.07, 6.45) is 0.833. The summed E-state index contributed by atoms with van der Waals surface area (Å²) >= 11 is 1.51. The first-order valence-electron chi connectivity index (χ1n) is 6.75. The molecule has 2 aromatic heterocycles. The standard InChI is InChI=1S/C12H20N6OS/c1-8(2)5-10-13-11(19-15-10)7-20-12-14-16-17-18(12)6-9(3)4/h8-9H,5-7H2,1-4H3. The van der Waals surface area contributed by atoms with E-state index in [1.807, 2.05) is 0 Å². The van der Waals surface area contributed by atoms with Crippen LogP contribution in [0.5, 0.6) is 0 Å². The highest BCUT2D eigenvalue weighted by molar-refractivity contribution is 7.98. The molecule has 110 valence electrons. The number of nitrogens with zero attached hydrogens (tertiary/aromatic N) is 6. The molecule has 0 amide bonds. The molecule has 0 aliphatic rings. The summed E-state index contributed by atoms with van der Waals surface area (Å²) in [5, 5.41) is 16.5. The van der Waals surface area contributed by atoms with E-state index in [2.05, 4.69) is 53.4 Å². The van der Waals surface area contributed by atoms with Crippen LogP contribution in [0.4, 0.5) is 0 Å². The number of hydrogen-bond acceptors (Lipinski definition) is 7. The summed E-state index contributed by atoms with van der Waals surface area (Å²) in [4.78, 5) is 4.36. The minimum absolute atomic E-state index is 0.499. The lowest BCUT2D eigenvalue weighted by Crippen LogP contribution is -2.07. The van der Waals surface area contributed by atoms with Gasteiger partial charge >= 0.3 is 0 Å². The molecular weight excluding hydrogens is 276 g/mol. The molecule has 20 heavy (non-hydrogen) atoms. The van der Waals surface area contributed by atoms with Crippen molar-refractivity contribution in [2.24, 2.45) is 11.8 Å². The molecule has 0 saturated heterocycles. The second-order valence-corrected chi connectivity index (χ2v) is 6.47. The van der Waals surface area contributed by atoms with E-state index in [1.54, 1.807) is 4.68 Å². The highest BCUT2D eigenvalue weighted by atomic mass is 32.2. The largest absolute Gasteiger partial charge is 0.338 e. The van der Waals surface area contributed by atoms with E-state index in [-0.39, 0.29) is 0 Å². The molecule has 0 aliphatic carbocycles. The van der Waals surface area contributed by atoms with Gasteiger partial charge < -0.3 is 4.52 Å². The third-order valence-corrected chi connectivity index (χ3v) is 3.40. The lowest BCUT2D eigenvalue weighted by molar-refractivity contribution is 0.382. The Morgan fingerprint density at radius 2 is 2.00 bits per heavy atom. The predicted molar refractivity (Wildman–Crippen MR) is 75.1 cm³/mol. The molecule has 7 nitrogen and oxygen atoms in total. The van der Waals surface area contributed by atoms with Crippen LogP contribution in [0.2, 0.25) is 0 Å². The van der Waals surface area contributed by atoms with E-state index in [9.17, 15) is 0 Å². The first-order valence-corrected chi connectivity index (χ1v) is 7.73. The van der Waals surface area contributed by atoms with Crippen molar-refractivity contribution in [3.63, 3.8) is 0 Å². The lowest BCUT2D eigenvalue weighted by Gasteiger charge is -2.05. The third kappa shape index (κ3) is 4.29. The van der Waals surface area contributed by atoms with Crippen LogP contribution in [0.25, 0.3) is 0 Å². The Balaban J connectivity index is 1.92. The van der Waals surface area contributed by atoms with E-state index in [1.165, 1.54) is 11.8 Å². The zero-order valence-electron chi connectivity index (χ0n) is 12.3. The van der Waals surface area contributed by atoms with Gasteiger partial charge in [0.05, 0.1) is 5.75 Å². The Bertz CT molecular complexity index is 536. The summed E-state index contributed by atoms with van der Waals surface area (Å²) in [5.41, 5.74) is 0. The Hall–Kier alpha value is -1.44. The van der Waals surface area contributed by atoms with Crippen molar-refractivity contribution in [1.29, 1.82) is 0 Å². The van der Waals surface area contributed by atoms with Crippen molar-refractivity contribution >= 4 is 11.8 Å². The van der Waals surface area contributed by atoms with E-state index < -0.39 is 0 Å². The maximum Gasteiger partial charge on any atom is 0.237 e. The highest BCUT2D eigenvalue weighted by Crippen LogP contribution is 2.20. The van der Waals surface area contributed by atoms with Crippen molar-refractivity contribution in [2.45, 2.75) is 51.6 Å². The molecule has 0 N–H and O–H groups in total. The summed E-state index contributed by atoms with van der Waals surface area (Å²) in [7, 11) is 0. The average molecular weight is 296 g/mol. The molecule has 0 atom stereocenters. The van der Waals surface area contributed by atoms with E-state index >= 15 is 0 Å². The molecule has 0 unspecified atom stereocenters. The maximum atomic E-state index is 5.22. The van der Waals surface area contributed by atoms with Crippen molar-refractivity contribution in [1.82, 2.24) is 30.3 Å². The Morgan fingerprint density at radius 3 is 2.70 bits per heavy atom. The number of rotatable bonds is 7. The molecule has 2 heterocycles. The number of hydrogen-bond donors (Lipinski definition) is 0. The quantitative estimate of drug-likeness (QED) is 0.724. The molecule has 0 fully saturated rings. The molecule has 0 aliphatic heterocycles.